The van der Waals surface area contributed by atoms with Gasteiger partial charge in [0.05, 0.1) is 12.3 Å². The van der Waals surface area contributed by atoms with Gasteiger partial charge in [-0.2, -0.15) is 0 Å². The monoisotopic (exact) mass is 231 g/mol. The van der Waals surface area contributed by atoms with Gasteiger partial charge in [0.1, 0.15) is 12.4 Å². The molecule has 0 amide bonds. The van der Waals surface area contributed by atoms with Crippen LogP contribution >= 0.6 is 11.8 Å². The third-order valence-electron chi connectivity index (χ3n) is 1.88. The van der Waals surface area contributed by atoms with Crippen molar-refractivity contribution in [2.24, 2.45) is 0 Å². The summed E-state index contributed by atoms with van der Waals surface area (Å²) in [6.45, 7) is 1.47. The third kappa shape index (κ3) is 4.03. The maximum absolute atomic E-state index is 10.6. The fraction of sp³-hybridized carbons (Fsp3) is 0.556. The molecule has 0 aliphatic carbocycles. The summed E-state index contributed by atoms with van der Waals surface area (Å²) in [6, 6.07) is 0. The number of aliphatic hydroxyl groups excluding tert-OH is 2. The van der Waals surface area contributed by atoms with Gasteiger partial charge in [-0.05, 0) is 6.42 Å². The Bertz CT molecular complexity index is 301. The van der Waals surface area contributed by atoms with Crippen molar-refractivity contribution in [3.05, 3.63) is 18.0 Å². The lowest BCUT2D eigenvalue weighted by Gasteiger charge is -2.15. The van der Waals surface area contributed by atoms with Crippen molar-refractivity contribution in [1.82, 2.24) is 5.16 Å². The highest BCUT2D eigenvalue weighted by Crippen LogP contribution is 2.19. The summed E-state index contributed by atoms with van der Waals surface area (Å²) in [5.74, 6) is 0.485. The number of hydrogen-bond acceptors (Lipinski definition) is 6. The quantitative estimate of drug-likeness (QED) is 0.777. The molecule has 0 spiro atoms. The minimum Gasteiger partial charge on any atom is -0.390 e. The van der Waals surface area contributed by atoms with Crippen molar-refractivity contribution >= 4 is 16.9 Å². The smallest absolute Gasteiger partial charge is 0.185 e. The number of hydrogen-bond donors (Lipinski definition) is 2. The second-order valence-corrected chi connectivity index (χ2v) is 4.37. The molecule has 1 aromatic rings. The summed E-state index contributed by atoms with van der Waals surface area (Å²) in [4.78, 5) is 10.6. The van der Waals surface area contributed by atoms with Crippen LogP contribution in [0, 0.1) is 0 Å². The first kappa shape index (κ1) is 12.2. The Morgan fingerprint density at radius 2 is 2.40 bits per heavy atom. The maximum Gasteiger partial charge on any atom is 0.185 e. The van der Waals surface area contributed by atoms with Crippen LogP contribution in [0.15, 0.2) is 17.0 Å². The highest BCUT2D eigenvalue weighted by Gasteiger charge is 2.19. The number of carbonyl (C=O) groups excluding carboxylic acids is 1. The van der Waals surface area contributed by atoms with Crippen molar-refractivity contribution in [3.63, 3.8) is 0 Å². The SMILES string of the molecule is CC(=O)SCCC(O)C(O)c1cnoc1. The first-order valence-corrected chi connectivity index (χ1v) is 5.48. The Kier molecular flexibility index (Phi) is 4.80. The van der Waals surface area contributed by atoms with Gasteiger partial charge in [-0.1, -0.05) is 16.9 Å². The highest BCUT2D eigenvalue weighted by atomic mass is 32.2. The molecule has 1 aromatic heterocycles. The summed E-state index contributed by atoms with van der Waals surface area (Å²) in [5, 5.41) is 22.6. The van der Waals surface area contributed by atoms with Gasteiger partial charge < -0.3 is 14.7 Å². The summed E-state index contributed by atoms with van der Waals surface area (Å²) in [6.07, 6.45) is 1.06. The summed E-state index contributed by atoms with van der Waals surface area (Å²) in [7, 11) is 0. The highest BCUT2D eigenvalue weighted by molar-refractivity contribution is 8.13. The lowest BCUT2D eigenvalue weighted by atomic mass is 10.1. The second kappa shape index (κ2) is 5.89. The first-order valence-electron chi connectivity index (χ1n) is 4.50. The van der Waals surface area contributed by atoms with Crippen LogP contribution in [-0.4, -0.2) is 32.3 Å². The molecule has 0 aromatic carbocycles. The van der Waals surface area contributed by atoms with E-state index < -0.39 is 12.2 Å². The van der Waals surface area contributed by atoms with E-state index in [1.807, 2.05) is 0 Å². The van der Waals surface area contributed by atoms with E-state index in [-0.39, 0.29) is 5.12 Å². The average molecular weight is 231 g/mol. The molecule has 2 unspecified atom stereocenters. The van der Waals surface area contributed by atoms with E-state index in [0.29, 0.717) is 17.7 Å². The van der Waals surface area contributed by atoms with Crippen LogP contribution in [-0.2, 0) is 4.79 Å². The second-order valence-electron chi connectivity index (χ2n) is 3.10. The fourth-order valence-corrected chi connectivity index (χ4v) is 1.71. The summed E-state index contributed by atoms with van der Waals surface area (Å²) in [5.41, 5.74) is 0.440. The molecule has 15 heavy (non-hydrogen) atoms. The van der Waals surface area contributed by atoms with Gasteiger partial charge in [-0.25, -0.2) is 0 Å². The zero-order chi connectivity index (χ0) is 11.3. The van der Waals surface area contributed by atoms with Crippen LogP contribution in [0.1, 0.15) is 25.0 Å². The van der Waals surface area contributed by atoms with E-state index in [2.05, 4.69) is 9.68 Å². The molecule has 2 N–H and O–H groups in total. The van der Waals surface area contributed by atoms with Gasteiger partial charge in [0.25, 0.3) is 0 Å². The number of thioether (sulfide) groups is 1. The lowest BCUT2D eigenvalue weighted by molar-refractivity contribution is -0.109. The van der Waals surface area contributed by atoms with Crippen LogP contribution in [0.4, 0.5) is 0 Å². The first-order chi connectivity index (χ1) is 7.11. The third-order valence-corrected chi connectivity index (χ3v) is 2.72. The largest absolute Gasteiger partial charge is 0.390 e. The molecule has 1 heterocycles. The number of nitrogens with zero attached hydrogens (tertiary/aromatic N) is 1. The van der Waals surface area contributed by atoms with E-state index in [0.717, 1.165) is 11.8 Å². The predicted octanol–water partition coefficient (Wildman–Crippen LogP) is 0.739. The Labute approximate surface area is 91.5 Å². The molecule has 0 saturated heterocycles. The van der Waals surface area contributed by atoms with Crippen molar-refractivity contribution in [3.8, 4) is 0 Å². The molecule has 84 valence electrons. The maximum atomic E-state index is 10.6. The zero-order valence-electron chi connectivity index (χ0n) is 8.29. The van der Waals surface area contributed by atoms with Crippen molar-refractivity contribution in [2.45, 2.75) is 25.6 Å². The molecule has 6 heteroatoms. The number of rotatable bonds is 5. The molecule has 0 radical (unpaired) electrons. The minimum absolute atomic E-state index is 0.00154. The van der Waals surface area contributed by atoms with E-state index in [9.17, 15) is 15.0 Å². The van der Waals surface area contributed by atoms with Gasteiger partial charge >= 0.3 is 0 Å². The van der Waals surface area contributed by atoms with Crippen LogP contribution in [0.2, 0.25) is 0 Å². The minimum atomic E-state index is -1.01. The number of aliphatic hydroxyl groups is 2. The number of aromatic nitrogens is 1. The normalized spacial score (nSPS) is 14.9. The van der Waals surface area contributed by atoms with E-state index in [1.54, 1.807) is 0 Å². The average Bonchev–Trinajstić information content (AvgIpc) is 2.68. The molecule has 0 bridgehead atoms. The molecule has 0 fully saturated rings. The fourth-order valence-electron chi connectivity index (χ4n) is 1.06. The molecule has 0 saturated carbocycles. The van der Waals surface area contributed by atoms with Crippen molar-refractivity contribution in [2.75, 3.05) is 5.75 Å². The molecule has 2 atom stereocenters. The standard InChI is InChI=1S/C9H13NO4S/c1-6(11)15-3-2-8(12)9(13)7-4-10-14-5-7/h4-5,8-9,12-13H,2-3H2,1H3. The van der Waals surface area contributed by atoms with Crippen molar-refractivity contribution in [1.29, 1.82) is 0 Å². The van der Waals surface area contributed by atoms with E-state index in [4.69, 9.17) is 0 Å². The van der Waals surface area contributed by atoms with Crippen LogP contribution in [0.25, 0.3) is 0 Å². The van der Waals surface area contributed by atoms with Crippen LogP contribution in [0.5, 0.6) is 0 Å². The predicted molar refractivity (Wildman–Crippen MR) is 55.2 cm³/mol. The molecule has 0 aliphatic heterocycles. The van der Waals surface area contributed by atoms with Gasteiger partial charge in [0, 0.05) is 18.2 Å². The topological polar surface area (TPSA) is 83.6 Å². The zero-order valence-corrected chi connectivity index (χ0v) is 9.11. The van der Waals surface area contributed by atoms with Gasteiger partial charge in [0.15, 0.2) is 5.12 Å². The molecule has 0 aliphatic rings. The van der Waals surface area contributed by atoms with Gasteiger partial charge in [0.2, 0.25) is 0 Å². The van der Waals surface area contributed by atoms with Gasteiger partial charge in [-0.3, -0.25) is 4.79 Å². The van der Waals surface area contributed by atoms with E-state index in [1.165, 1.54) is 19.4 Å². The van der Waals surface area contributed by atoms with Crippen LogP contribution < -0.4 is 0 Å². The van der Waals surface area contributed by atoms with Gasteiger partial charge in [-0.15, -0.1) is 0 Å². The van der Waals surface area contributed by atoms with Crippen LogP contribution in [0.3, 0.4) is 0 Å². The molecular formula is C9H13NO4S. The number of carbonyl (C=O) groups is 1. The molecule has 1 rings (SSSR count). The molecule has 5 nitrogen and oxygen atoms in total. The summed E-state index contributed by atoms with van der Waals surface area (Å²) >= 11 is 1.13. The molecular weight excluding hydrogens is 218 g/mol. The van der Waals surface area contributed by atoms with E-state index >= 15 is 0 Å². The Balaban J connectivity index is 2.33. The van der Waals surface area contributed by atoms with Crippen molar-refractivity contribution < 1.29 is 19.5 Å². The Hall–Kier alpha value is -0.850. The Morgan fingerprint density at radius 3 is 2.93 bits per heavy atom. The lowest BCUT2D eigenvalue weighted by Crippen LogP contribution is -2.18. The Morgan fingerprint density at radius 1 is 1.67 bits per heavy atom. The summed E-state index contributed by atoms with van der Waals surface area (Å²) < 4.78 is 4.55.